The lowest BCUT2D eigenvalue weighted by atomic mass is 9.94. The smallest absolute Gasteiger partial charge is 0.217 e. The van der Waals surface area contributed by atoms with Crippen LogP contribution in [0, 0.1) is 0 Å². The van der Waals surface area contributed by atoms with Crippen molar-refractivity contribution in [2.45, 2.75) is 259 Å². The molecule has 8 rings (SSSR count). The van der Waals surface area contributed by atoms with Crippen LogP contribution in [-0.4, -0.2) is 433 Å². The van der Waals surface area contributed by atoms with Crippen molar-refractivity contribution in [1.29, 1.82) is 0 Å². The first-order valence-electron chi connectivity index (χ1n) is 30.2. The molecule has 552 valence electrons. The fourth-order valence-corrected chi connectivity index (χ4v) is 12.2. The predicted molar refractivity (Wildman–Crippen MR) is 288 cm³/mol. The summed E-state index contributed by atoms with van der Waals surface area (Å²) in [4.78, 5) is 25.3. The molecular weight excluding hydrogens is 1310 g/mol. The van der Waals surface area contributed by atoms with Crippen LogP contribution in [0.25, 0.3) is 0 Å². The first-order chi connectivity index (χ1) is 45.0. The van der Waals surface area contributed by atoms with Crippen LogP contribution in [0.4, 0.5) is 0 Å². The molecule has 8 aliphatic heterocycles. The molecule has 8 fully saturated rings. The van der Waals surface area contributed by atoms with Crippen molar-refractivity contribution in [2.75, 3.05) is 52.9 Å². The lowest BCUT2D eigenvalue weighted by Crippen LogP contribution is -2.71. The Morgan fingerprint density at radius 3 is 0.842 bits per heavy atom. The normalized spacial score (nSPS) is 50.8. The summed E-state index contributed by atoms with van der Waals surface area (Å²) in [5, 5.41) is 266. The molecular formula is C52H88N2O41. The summed E-state index contributed by atoms with van der Waals surface area (Å²) in [5.74, 6) is -1.79. The minimum absolute atomic E-state index is 0.793. The predicted octanol–water partition coefficient (Wildman–Crippen LogP) is -18.2. The Kier molecular flexibility index (Phi) is 27.9. The maximum Gasteiger partial charge on any atom is 0.217 e. The van der Waals surface area contributed by atoms with E-state index in [1.54, 1.807) is 0 Å². The van der Waals surface area contributed by atoms with Crippen LogP contribution in [0.3, 0.4) is 0 Å². The molecule has 0 radical (unpaired) electrons. The van der Waals surface area contributed by atoms with Gasteiger partial charge in [-0.25, -0.2) is 0 Å². The van der Waals surface area contributed by atoms with Crippen LogP contribution in [0.15, 0.2) is 0 Å². The highest BCUT2D eigenvalue weighted by Crippen LogP contribution is 2.40. The molecule has 2 amide bonds. The van der Waals surface area contributed by atoms with Gasteiger partial charge >= 0.3 is 0 Å². The summed E-state index contributed by atoms with van der Waals surface area (Å²) >= 11 is 0. The zero-order valence-corrected chi connectivity index (χ0v) is 50.4. The molecule has 0 saturated carbocycles. The minimum Gasteiger partial charge on any atom is -0.394 e. The van der Waals surface area contributed by atoms with Gasteiger partial charge in [0.25, 0.3) is 0 Å². The van der Waals surface area contributed by atoms with E-state index in [0.717, 1.165) is 13.8 Å². The van der Waals surface area contributed by atoms with E-state index < -0.39 is 310 Å². The van der Waals surface area contributed by atoms with Gasteiger partial charge in [-0.2, -0.15) is 0 Å². The maximum absolute atomic E-state index is 13.2. The molecule has 0 aliphatic carbocycles. The molecule has 43 heteroatoms. The highest BCUT2D eigenvalue weighted by Gasteiger charge is 2.60. The van der Waals surface area contributed by atoms with Crippen molar-refractivity contribution in [3.8, 4) is 0 Å². The number of carbonyl (C=O) groups excluding carboxylic acids is 2. The summed E-state index contributed by atoms with van der Waals surface area (Å²) in [6.45, 7) is -6.57. The van der Waals surface area contributed by atoms with E-state index >= 15 is 0 Å². The van der Waals surface area contributed by atoms with Crippen LogP contribution in [-0.2, 0) is 80.6 Å². The second kappa shape index (κ2) is 33.9. The lowest BCUT2D eigenvalue weighted by molar-refractivity contribution is -0.407. The molecule has 0 aromatic heterocycles. The van der Waals surface area contributed by atoms with Crippen molar-refractivity contribution < 1.29 is 203 Å². The van der Waals surface area contributed by atoms with E-state index in [0.29, 0.717) is 0 Å². The van der Waals surface area contributed by atoms with Crippen molar-refractivity contribution in [3.63, 3.8) is 0 Å². The molecule has 0 aromatic rings. The number of aliphatic hydroxyl groups is 24. The molecule has 26 N–H and O–H groups in total. The van der Waals surface area contributed by atoms with Crippen molar-refractivity contribution in [1.82, 2.24) is 10.6 Å². The van der Waals surface area contributed by atoms with E-state index in [1.807, 2.05) is 0 Å². The summed E-state index contributed by atoms with van der Waals surface area (Å²) < 4.78 is 87.3. The van der Waals surface area contributed by atoms with Gasteiger partial charge in [-0.05, 0) is 0 Å². The maximum atomic E-state index is 13.2. The highest BCUT2D eigenvalue weighted by atomic mass is 16.8. The zero-order valence-electron chi connectivity index (χ0n) is 50.4. The molecule has 0 spiro atoms. The first-order valence-corrected chi connectivity index (χ1v) is 30.2. The number of hydrogen-bond donors (Lipinski definition) is 26. The van der Waals surface area contributed by atoms with Gasteiger partial charge in [0.2, 0.25) is 11.8 Å². The Morgan fingerprint density at radius 2 is 0.484 bits per heavy atom. The second-order valence-electron chi connectivity index (χ2n) is 23.8. The number of carbonyl (C=O) groups is 2. The first kappa shape index (κ1) is 78.1. The summed E-state index contributed by atoms with van der Waals surface area (Å²) in [7, 11) is 0. The Bertz CT molecular complexity index is 2380. The Hall–Kier alpha value is -2.62. The molecule has 0 aromatic carbocycles. The van der Waals surface area contributed by atoms with E-state index in [1.165, 1.54) is 0 Å². The number of rotatable bonds is 24. The third-order valence-electron chi connectivity index (χ3n) is 17.5. The lowest BCUT2D eigenvalue weighted by Gasteiger charge is -2.51. The summed E-state index contributed by atoms with van der Waals surface area (Å²) in [5.41, 5.74) is 0. The largest absolute Gasteiger partial charge is 0.394 e. The molecule has 8 saturated heterocycles. The van der Waals surface area contributed by atoms with Crippen LogP contribution < -0.4 is 10.6 Å². The molecule has 8 heterocycles. The van der Waals surface area contributed by atoms with Crippen LogP contribution in [0.5, 0.6) is 0 Å². The van der Waals surface area contributed by atoms with E-state index in [4.69, 9.17) is 71.1 Å². The molecule has 1 unspecified atom stereocenters. The monoisotopic (exact) mass is 1400 g/mol. The molecule has 8 aliphatic rings. The average Bonchev–Trinajstić information content (AvgIpc) is 0.774. The third-order valence-corrected chi connectivity index (χ3v) is 17.5. The van der Waals surface area contributed by atoms with Crippen LogP contribution in [0.2, 0.25) is 0 Å². The van der Waals surface area contributed by atoms with Gasteiger partial charge in [-0.3, -0.25) is 9.59 Å². The Morgan fingerprint density at radius 1 is 0.253 bits per heavy atom. The Balaban J connectivity index is 1.06. The van der Waals surface area contributed by atoms with Crippen molar-refractivity contribution in [3.05, 3.63) is 0 Å². The summed E-state index contributed by atoms with van der Waals surface area (Å²) in [6.07, 6.45) is -78.6. The third kappa shape index (κ3) is 16.7. The fraction of sp³-hybridized carbons (Fsp3) is 0.962. The van der Waals surface area contributed by atoms with Crippen molar-refractivity contribution >= 4 is 11.8 Å². The molecule has 0 bridgehead atoms. The van der Waals surface area contributed by atoms with Gasteiger partial charge in [-0.1, -0.05) is 0 Å². The number of ether oxygens (including phenoxy) is 15. The van der Waals surface area contributed by atoms with Crippen LogP contribution in [0.1, 0.15) is 13.8 Å². The average molecular weight is 1400 g/mol. The van der Waals surface area contributed by atoms with E-state index in [2.05, 4.69) is 10.6 Å². The van der Waals surface area contributed by atoms with Gasteiger partial charge in [0.05, 0.1) is 52.9 Å². The number of aliphatic hydroxyl groups excluding tert-OH is 24. The summed E-state index contributed by atoms with van der Waals surface area (Å²) in [6, 6.07) is -3.65. The van der Waals surface area contributed by atoms with Gasteiger partial charge in [0.15, 0.2) is 50.3 Å². The van der Waals surface area contributed by atoms with Gasteiger partial charge < -0.3 is 204 Å². The highest BCUT2D eigenvalue weighted by molar-refractivity contribution is 5.73. The molecule has 43 nitrogen and oxygen atoms in total. The van der Waals surface area contributed by atoms with E-state index in [-0.39, 0.29) is 0 Å². The van der Waals surface area contributed by atoms with E-state index in [9.17, 15) is 132 Å². The topological polar surface area (TPSA) is 682 Å². The standard InChI is InChI=1S/C52H88N2O41/c1-11(63)53-21-39(28(70)18(8-60)81-45(21)80)90-50-42(32(74)25(67)15(5-57)85-50)94-48-37(79)35(77)38(20(10-62)88-48)89-49-41(31(73)24(66)14(4-56)84-49)92-46-22(54-12(2)64)40(29(71)19(9-61)82-46)91-51-44(34(76)27(69)16(6-58)86-51)95-52-43(33(75)26(68)17(7-59)87-52)93-47-36(78)30(72)23(65)13(3-55)83-47/h13-52,55-62,65-80H,3-10H2,1-2H3,(H,53,63)(H,54,64)/t13-,14-,15-,16-,17-,18-,19-,20-,21-,22-,23-,24-,25-,26-,27-,28+,29+,30+,31+,32+,33+,34+,35-,36+,37+,38-,39-,40-,41+,42+,43+,44+,45?,46-,47-,48-,49-,50+,51+,52-/m1/s1. The number of nitrogens with one attached hydrogen (secondary N) is 2. The zero-order chi connectivity index (χ0) is 69.9. The molecule has 40 atom stereocenters. The van der Waals surface area contributed by atoms with Gasteiger partial charge in [0, 0.05) is 13.8 Å². The minimum atomic E-state index is -2.40. The number of amides is 2. The second-order valence-corrected chi connectivity index (χ2v) is 23.8. The van der Waals surface area contributed by atoms with Gasteiger partial charge in [0.1, 0.15) is 195 Å². The molecule has 95 heavy (non-hydrogen) atoms. The quantitative estimate of drug-likeness (QED) is 0.0427. The van der Waals surface area contributed by atoms with Crippen molar-refractivity contribution in [2.24, 2.45) is 0 Å². The van der Waals surface area contributed by atoms with Gasteiger partial charge in [-0.15, -0.1) is 0 Å². The number of hydrogen-bond acceptors (Lipinski definition) is 41. The SMILES string of the molecule is CC(=O)N[C@H]1[C@@H](O[C@@H]2[C@@H](O[C@H]3[C@H](O)[C@H](O)[C@@H](O[C@@H]4[C@H](O[C@H]5[C@@H](O)[C@@H](CO)OC(O)[C@@H]5NC(C)=O)O[C@H](CO)[C@@H](O)[C@@H]4O)O[C@@H]3CO)O[C@H](CO)[C@@H](O)[C@@H]2O)O[C@H](CO)[C@H](O)[C@@H]1O[C@@H]1O[C@H](CO)[C@@H](O)[C@H](O)[C@@H]1O[C@H]1O[C@H](CO)[C@@H](O)[C@H](O)[C@@H]1O[C@H]1O[C@H](CO)[C@@H](O)[C@H](O)[C@@H]1O. The fourth-order valence-electron chi connectivity index (χ4n) is 12.2. The van der Waals surface area contributed by atoms with Crippen LogP contribution >= 0.6 is 0 Å². The Labute approximate surface area is 536 Å².